The average molecular weight is 446 g/mol. The lowest BCUT2D eigenvalue weighted by Crippen LogP contribution is -2.56. The molecule has 166 valence electrons. The molecule has 0 spiro atoms. The molecule has 1 fully saturated rings. The standard InChI is InChI=1S/C23H20FN7O2/c24-15-3-1-4-16(11-15)28-23(33)29-18-6-2-5-17(12-18)27-22(32)21-30-20(14-7-8-14)19-13-26-9-10-31(19,21)25/h1-6,9-14H,7-8,25H2,(H2-,27,28,29,32,33)/p+1. The van der Waals surface area contributed by atoms with E-state index in [0.717, 1.165) is 18.5 Å². The first kappa shape index (κ1) is 20.7. The van der Waals surface area contributed by atoms with Crippen LogP contribution >= 0.6 is 0 Å². The van der Waals surface area contributed by atoms with Crippen LogP contribution in [-0.2, 0) is 4.79 Å². The molecule has 2 aromatic carbocycles. The number of hydrogen-bond donors (Lipinski definition) is 4. The number of halogens is 1. The van der Waals surface area contributed by atoms with Crippen molar-refractivity contribution >= 4 is 41.1 Å². The fourth-order valence-corrected chi connectivity index (χ4v) is 3.72. The first-order valence-electron chi connectivity index (χ1n) is 10.4. The number of allylic oxidation sites excluding steroid dienone is 2. The number of urea groups is 1. The third kappa shape index (κ3) is 4.16. The van der Waals surface area contributed by atoms with Crippen molar-refractivity contribution in [2.75, 3.05) is 16.0 Å². The molecule has 5 N–H and O–H groups in total. The predicted molar refractivity (Wildman–Crippen MR) is 123 cm³/mol. The van der Waals surface area contributed by atoms with Crippen LogP contribution in [0.15, 0.2) is 82.3 Å². The number of benzene rings is 2. The molecule has 0 bridgehead atoms. The molecule has 1 atom stereocenters. The Morgan fingerprint density at radius 1 is 1.00 bits per heavy atom. The summed E-state index contributed by atoms with van der Waals surface area (Å²) < 4.78 is 13.0. The average Bonchev–Trinajstić information content (AvgIpc) is 3.56. The molecule has 2 aromatic rings. The lowest BCUT2D eigenvalue weighted by Gasteiger charge is -2.25. The summed E-state index contributed by atoms with van der Waals surface area (Å²) in [6, 6.07) is 11.7. The third-order valence-corrected chi connectivity index (χ3v) is 5.45. The Morgan fingerprint density at radius 2 is 1.67 bits per heavy atom. The summed E-state index contributed by atoms with van der Waals surface area (Å²) in [6.45, 7) is 0. The fourth-order valence-electron chi connectivity index (χ4n) is 3.72. The predicted octanol–water partition coefficient (Wildman–Crippen LogP) is 3.69. The summed E-state index contributed by atoms with van der Waals surface area (Å²) in [5, 5.41) is 8.01. The van der Waals surface area contributed by atoms with Crippen LogP contribution in [0.3, 0.4) is 0 Å². The van der Waals surface area contributed by atoms with Gasteiger partial charge in [0.05, 0.1) is 12.4 Å². The Balaban J connectivity index is 1.28. The van der Waals surface area contributed by atoms with Crippen molar-refractivity contribution in [3.05, 3.63) is 78.1 Å². The Bertz CT molecular complexity index is 1280. The van der Waals surface area contributed by atoms with E-state index in [0.29, 0.717) is 28.7 Å². The number of hydrogen-bond acceptors (Lipinski definition) is 5. The number of nitrogens with zero attached hydrogens (tertiary/aromatic N) is 3. The second-order valence-electron chi connectivity index (χ2n) is 7.96. The third-order valence-electron chi connectivity index (χ3n) is 5.45. The van der Waals surface area contributed by atoms with Crippen LogP contribution in [0.1, 0.15) is 12.8 Å². The van der Waals surface area contributed by atoms with Gasteiger partial charge in [-0.3, -0.25) is 9.79 Å². The Kier molecular flexibility index (Phi) is 5.08. The molecule has 2 aliphatic heterocycles. The Labute approximate surface area is 188 Å². The number of anilines is 3. The van der Waals surface area contributed by atoms with E-state index < -0.39 is 17.8 Å². The minimum atomic E-state index is -0.545. The van der Waals surface area contributed by atoms with E-state index in [2.05, 4.69) is 25.9 Å². The largest absolute Gasteiger partial charge is 0.333 e. The number of rotatable bonds is 5. The van der Waals surface area contributed by atoms with E-state index in [9.17, 15) is 14.0 Å². The molecule has 2 heterocycles. The summed E-state index contributed by atoms with van der Waals surface area (Å²) in [7, 11) is 0. The summed E-state index contributed by atoms with van der Waals surface area (Å²) in [5.74, 6) is 6.06. The van der Waals surface area contributed by atoms with Gasteiger partial charge in [0, 0.05) is 23.0 Å². The monoisotopic (exact) mass is 446 g/mol. The molecular weight excluding hydrogens is 425 g/mol. The second-order valence-corrected chi connectivity index (χ2v) is 7.96. The number of amides is 3. The van der Waals surface area contributed by atoms with E-state index in [1.54, 1.807) is 48.9 Å². The smallest absolute Gasteiger partial charge is 0.316 e. The molecule has 9 nitrogen and oxygen atoms in total. The van der Waals surface area contributed by atoms with E-state index in [1.807, 2.05) is 0 Å². The molecule has 3 aliphatic rings. The van der Waals surface area contributed by atoms with Crippen LogP contribution < -0.4 is 21.8 Å². The Morgan fingerprint density at radius 3 is 2.36 bits per heavy atom. The van der Waals surface area contributed by atoms with Crippen LogP contribution in [0.2, 0.25) is 0 Å². The van der Waals surface area contributed by atoms with E-state index in [1.165, 1.54) is 18.2 Å². The number of aliphatic imine (C=N–C) groups is 2. The summed E-state index contributed by atoms with van der Waals surface area (Å²) in [4.78, 5) is 34.0. The van der Waals surface area contributed by atoms with Crippen LogP contribution in [0.25, 0.3) is 0 Å². The number of nitrogens with one attached hydrogen (secondary N) is 3. The summed E-state index contributed by atoms with van der Waals surface area (Å²) in [6.07, 6.45) is 6.85. The molecule has 0 radical (unpaired) electrons. The molecule has 3 amide bonds. The highest BCUT2D eigenvalue weighted by Gasteiger charge is 2.50. The van der Waals surface area contributed by atoms with Gasteiger partial charge in [0.1, 0.15) is 17.7 Å². The van der Waals surface area contributed by atoms with Crippen LogP contribution in [-0.4, -0.2) is 28.6 Å². The Hall–Kier alpha value is -4.15. The zero-order valence-electron chi connectivity index (χ0n) is 17.5. The van der Waals surface area contributed by atoms with Crippen molar-refractivity contribution in [1.82, 2.24) is 0 Å². The van der Waals surface area contributed by atoms with Gasteiger partial charge in [-0.25, -0.2) is 9.18 Å². The molecular formula is C23H21FN7O2+. The lowest BCUT2D eigenvalue weighted by atomic mass is 10.2. The molecule has 1 aliphatic carbocycles. The fraction of sp³-hybridized carbons (Fsp3) is 0.130. The first-order valence-corrected chi connectivity index (χ1v) is 10.4. The lowest BCUT2D eigenvalue weighted by molar-refractivity contribution is -0.749. The molecule has 5 rings (SSSR count). The van der Waals surface area contributed by atoms with E-state index in [4.69, 9.17) is 5.84 Å². The quantitative estimate of drug-likeness (QED) is 0.414. The minimum Gasteiger partial charge on any atom is -0.316 e. The highest BCUT2D eigenvalue weighted by atomic mass is 19.1. The maximum Gasteiger partial charge on any atom is 0.333 e. The zero-order chi connectivity index (χ0) is 23.0. The number of fused-ring (bicyclic) bond motifs is 1. The van der Waals surface area contributed by atoms with Crippen molar-refractivity contribution in [3.63, 3.8) is 0 Å². The van der Waals surface area contributed by atoms with Gasteiger partial charge < -0.3 is 16.0 Å². The van der Waals surface area contributed by atoms with Gasteiger partial charge in [0.2, 0.25) is 5.70 Å². The molecule has 0 aromatic heterocycles. The van der Waals surface area contributed by atoms with Crippen molar-refractivity contribution in [2.24, 2.45) is 21.7 Å². The number of quaternary nitrogens is 1. The first-order chi connectivity index (χ1) is 15.9. The number of nitrogens with two attached hydrogens (primary N) is 1. The van der Waals surface area contributed by atoms with Gasteiger partial charge in [-0.05, 0) is 49.2 Å². The molecule has 1 saturated carbocycles. The SMILES string of the molecule is N[N+]12C=CN=CC1=C(C1CC1)N=C2C(=O)Nc1cccc(NC(=O)Nc2cccc(F)c2)c1. The van der Waals surface area contributed by atoms with Gasteiger partial charge in [-0.15, -0.1) is 4.59 Å². The van der Waals surface area contributed by atoms with Crippen molar-refractivity contribution in [2.45, 2.75) is 12.8 Å². The molecule has 33 heavy (non-hydrogen) atoms. The van der Waals surface area contributed by atoms with Gasteiger partial charge in [-0.2, -0.15) is 10.8 Å². The molecule has 1 unspecified atom stereocenters. The second kappa shape index (κ2) is 8.08. The molecule has 10 heteroatoms. The topological polar surface area (TPSA) is 121 Å². The maximum atomic E-state index is 13.3. The summed E-state index contributed by atoms with van der Waals surface area (Å²) >= 11 is 0. The normalized spacial score (nSPS) is 20.8. The van der Waals surface area contributed by atoms with Crippen molar-refractivity contribution < 1.29 is 18.6 Å². The van der Waals surface area contributed by atoms with Crippen LogP contribution in [0.5, 0.6) is 0 Å². The molecule has 0 saturated heterocycles. The number of amidine groups is 1. The van der Waals surface area contributed by atoms with Gasteiger partial charge in [-0.1, -0.05) is 12.1 Å². The van der Waals surface area contributed by atoms with Gasteiger partial charge in [0.15, 0.2) is 0 Å². The van der Waals surface area contributed by atoms with Crippen LogP contribution in [0, 0.1) is 11.7 Å². The van der Waals surface area contributed by atoms with E-state index in [-0.39, 0.29) is 10.4 Å². The van der Waals surface area contributed by atoms with Crippen molar-refractivity contribution in [1.29, 1.82) is 0 Å². The summed E-state index contributed by atoms with van der Waals surface area (Å²) in [5.41, 5.74) is 2.72. The van der Waals surface area contributed by atoms with Gasteiger partial charge in [0.25, 0.3) is 0 Å². The minimum absolute atomic E-state index is 0.150. The number of carbonyl (C=O) groups excluding carboxylic acids is 2. The maximum absolute atomic E-state index is 13.3. The van der Waals surface area contributed by atoms with Crippen LogP contribution in [0.4, 0.5) is 26.2 Å². The zero-order valence-corrected chi connectivity index (χ0v) is 17.5. The van der Waals surface area contributed by atoms with E-state index >= 15 is 0 Å². The highest BCUT2D eigenvalue weighted by molar-refractivity contribution is 6.40. The van der Waals surface area contributed by atoms with Gasteiger partial charge >= 0.3 is 17.8 Å². The number of carbonyl (C=O) groups is 2. The van der Waals surface area contributed by atoms with Crippen molar-refractivity contribution in [3.8, 4) is 0 Å². The highest BCUT2D eigenvalue weighted by Crippen LogP contribution is 2.43.